The van der Waals surface area contributed by atoms with Crippen LogP contribution in [0.15, 0.2) is 35.4 Å². The fraction of sp³-hybridized carbons (Fsp3) is 0.286. The molecule has 0 unspecified atom stereocenters. The third kappa shape index (κ3) is 3.49. The molecule has 0 atom stereocenters. The summed E-state index contributed by atoms with van der Waals surface area (Å²) in [5.41, 5.74) is 1.05. The van der Waals surface area contributed by atoms with Gasteiger partial charge in [0, 0.05) is 19.0 Å². The van der Waals surface area contributed by atoms with Gasteiger partial charge in [0.1, 0.15) is 5.82 Å². The Morgan fingerprint density at radius 2 is 2.10 bits per heavy atom. The highest BCUT2D eigenvalue weighted by molar-refractivity contribution is 7.90. The second-order valence-corrected chi connectivity index (χ2v) is 6.73. The summed E-state index contributed by atoms with van der Waals surface area (Å²) >= 11 is 0. The summed E-state index contributed by atoms with van der Waals surface area (Å²) < 4.78 is 29.5. The topological polar surface area (TPSA) is 78.3 Å². The van der Waals surface area contributed by atoms with Crippen molar-refractivity contribution in [3.05, 3.63) is 47.5 Å². The summed E-state index contributed by atoms with van der Waals surface area (Å²) in [6.07, 6.45) is 2.76. The molecular formula is C14H16N2O4S. The molecular weight excluding hydrogens is 292 g/mol. The summed E-state index contributed by atoms with van der Waals surface area (Å²) in [6, 6.07) is 6.69. The van der Waals surface area contributed by atoms with E-state index in [9.17, 15) is 13.2 Å². The second-order valence-electron chi connectivity index (χ2n) is 4.71. The predicted molar refractivity (Wildman–Crippen MR) is 77.0 cm³/mol. The molecule has 2 aromatic rings. The van der Waals surface area contributed by atoms with Crippen LogP contribution in [0.5, 0.6) is 0 Å². The maximum atomic E-state index is 11.6. The first-order valence-corrected chi connectivity index (χ1v) is 8.11. The molecule has 0 saturated heterocycles. The van der Waals surface area contributed by atoms with Crippen LogP contribution in [-0.2, 0) is 21.1 Å². The summed E-state index contributed by atoms with van der Waals surface area (Å²) in [5, 5.41) is 0. The molecule has 0 amide bonds. The van der Waals surface area contributed by atoms with Crippen molar-refractivity contribution in [3.8, 4) is 0 Å². The Hall–Kier alpha value is -2.15. The molecule has 112 valence electrons. The van der Waals surface area contributed by atoms with Crippen molar-refractivity contribution in [1.29, 1.82) is 0 Å². The van der Waals surface area contributed by atoms with Gasteiger partial charge in [-0.2, -0.15) is 0 Å². The summed E-state index contributed by atoms with van der Waals surface area (Å²) in [6.45, 7) is 2.20. The molecule has 0 fully saturated rings. The van der Waals surface area contributed by atoms with Crippen LogP contribution in [-0.4, -0.2) is 37.3 Å². The number of rotatable bonds is 4. The minimum atomic E-state index is -3.24. The van der Waals surface area contributed by atoms with Gasteiger partial charge in [-0.25, -0.2) is 18.2 Å². The molecule has 21 heavy (non-hydrogen) atoms. The highest BCUT2D eigenvalue weighted by Crippen LogP contribution is 2.14. The molecule has 0 bridgehead atoms. The summed E-state index contributed by atoms with van der Waals surface area (Å²) in [4.78, 5) is 15.8. The van der Waals surface area contributed by atoms with Crippen molar-refractivity contribution in [2.45, 2.75) is 18.4 Å². The SMILES string of the molecule is COC(=O)c1cn(Cc2cccc(S(C)(=O)=O)c2)c(C)n1. The number of methoxy groups -OCH3 is 1. The van der Waals surface area contributed by atoms with Gasteiger partial charge in [-0.1, -0.05) is 12.1 Å². The number of carbonyl (C=O) groups is 1. The highest BCUT2D eigenvalue weighted by atomic mass is 32.2. The van der Waals surface area contributed by atoms with Crippen molar-refractivity contribution in [3.63, 3.8) is 0 Å². The van der Waals surface area contributed by atoms with Gasteiger partial charge in [0.25, 0.3) is 0 Å². The molecule has 1 heterocycles. The Labute approximate surface area is 123 Å². The normalized spacial score (nSPS) is 11.4. The largest absolute Gasteiger partial charge is 0.464 e. The number of benzene rings is 1. The lowest BCUT2D eigenvalue weighted by Gasteiger charge is -2.06. The van der Waals surface area contributed by atoms with Crippen molar-refractivity contribution in [1.82, 2.24) is 9.55 Å². The molecule has 1 aromatic carbocycles. The minimum Gasteiger partial charge on any atom is -0.464 e. The molecule has 0 spiro atoms. The lowest BCUT2D eigenvalue weighted by atomic mass is 10.2. The van der Waals surface area contributed by atoms with E-state index in [4.69, 9.17) is 0 Å². The summed E-state index contributed by atoms with van der Waals surface area (Å²) in [7, 11) is -1.94. The summed E-state index contributed by atoms with van der Waals surface area (Å²) in [5.74, 6) is 0.155. The van der Waals surface area contributed by atoms with Gasteiger partial charge in [0.15, 0.2) is 15.5 Å². The highest BCUT2D eigenvalue weighted by Gasteiger charge is 2.13. The zero-order chi connectivity index (χ0) is 15.6. The van der Waals surface area contributed by atoms with Gasteiger partial charge < -0.3 is 9.30 Å². The molecule has 0 radical (unpaired) electrons. The molecule has 0 aliphatic carbocycles. The maximum Gasteiger partial charge on any atom is 0.358 e. The smallest absolute Gasteiger partial charge is 0.358 e. The number of ether oxygens (including phenoxy) is 1. The van der Waals surface area contributed by atoms with Crippen LogP contribution in [0.1, 0.15) is 21.9 Å². The Morgan fingerprint density at radius 3 is 2.71 bits per heavy atom. The van der Waals surface area contributed by atoms with Crippen LogP contribution in [0, 0.1) is 6.92 Å². The lowest BCUT2D eigenvalue weighted by molar-refractivity contribution is 0.0594. The first-order chi connectivity index (χ1) is 9.81. The average molecular weight is 308 g/mol. The standard InChI is InChI=1S/C14H16N2O4S/c1-10-15-13(14(17)20-2)9-16(10)8-11-5-4-6-12(7-11)21(3,18)19/h4-7,9H,8H2,1-3H3. The Kier molecular flexibility index (Phi) is 4.13. The van der Waals surface area contributed by atoms with Gasteiger partial charge >= 0.3 is 5.97 Å². The van der Waals surface area contributed by atoms with Gasteiger partial charge in [-0.05, 0) is 24.6 Å². The lowest BCUT2D eigenvalue weighted by Crippen LogP contribution is -2.03. The van der Waals surface area contributed by atoms with Crippen LogP contribution in [0.4, 0.5) is 0 Å². The van der Waals surface area contributed by atoms with Crippen molar-refractivity contribution >= 4 is 15.8 Å². The van der Waals surface area contributed by atoms with Crippen molar-refractivity contribution in [2.24, 2.45) is 0 Å². The van der Waals surface area contributed by atoms with E-state index >= 15 is 0 Å². The number of esters is 1. The van der Waals surface area contributed by atoms with Gasteiger partial charge in [-0.3, -0.25) is 0 Å². The van der Waals surface area contributed by atoms with Crippen LogP contribution in [0.3, 0.4) is 0 Å². The van der Waals surface area contributed by atoms with Crippen LogP contribution in [0.2, 0.25) is 0 Å². The molecule has 0 saturated carbocycles. The molecule has 0 aliphatic rings. The second kappa shape index (κ2) is 5.69. The van der Waals surface area contributed by atoms with Gasteiger partial charge in [0.2, 0.25) is 0 Å². The molecule has 1 aromatic heterocycles. The number of aromatic nitrogens is 2. The molecule has 2 rings (SSSR count). The van der Waals surface area contributed by atoms with E-state index in [-0.39, 0.29) is 10.6 Å². The molecule has 0 N–H and O–H groups in total. The monoisotopic (exact) mass is 308 g/mol. The zero-order valence-corrected chi connectivity index (χ0v) is 12.8. The molecule has 6 nitrogen and oxygen atoms in total. The molecule has 0 aliphatic heterocycles. The van der Waals surface area contributed by atoms with Crippen molar-refractivity contribution in [2.75, 3.05) is 13.4 Å². The first-order valence-electron chi connectivity index (χ1n) is 6.22. The minimum absolute atomic E-state index is 0.231. The van der Waals surface area contributed by atoms with Crippen LogP contribution < -0.4 is 0 Å². The number of carbonyl (C=O) groups excluding carboxylic acids is 1. The first kappa shape index (κ1) is 15.2. The van der Waals surface area contributed by atoms with E-state index in [1.807, 2.05) is 6.07 Å². The van der Waals surface area contributed by atoms with Gasteiger partial charge in [-0.15, -0.1) is 0 Å². The molecule has 7 heteroatoms. The number of hydrogen-bond donors (Lipinski definition) is 0. The van der Waals surface area contributed by atoms with E-state index in [2.05, 4.69) is 9.72 Å². The number of nitrogens with zero attached hydrogens (tertiary/aromatic N) is 2. The van der Waals surface area contributed by atoms with E-state index in [0.29, 0.717) is 12.4 Å². The quantitative estimate of drug-likeness (QED) is 0.798. The van der Waals surface area contributed by atoms with E-state index in [1.165, 1.54) is 13.4 Å². The number of hydrogen-bond acceptors (Lipinski definition) is 5. The van der Waals surface area contributed by atoms with E-state index < -0.39 is 15.8 Å². The fourth-order valence-electron chi connectivity index (χ4n) is 1.94. The third-order valence-electron chi connectivity index (χ3n) is 3.05. The number of sulfone groups is 1. The Morgan fingerprint density at radius 1 is 1.38 bits per heavy atom. The van der Waals surface area contributed by atoms with Gasteiger partial charge in [0.05, 0.1) is 12.0 Å². The van der Waals surface area contributed by atoms with Crippen LogP contribution >= 0.6 is 0 Å². The zero-order valence-electron chi connectivity index (χ0n) is 12.0. The van der Waals surface area contributed by atoms with Crippen molar-refractivity contribution < 1.29 is 17.9 Å². The van der Waals surface area contributed by atoms with E-state index in [0.717, 1.165) is 5.56 Å². The maximum absolute atomic E-state index is 11.6. The third-order valence-corrected chi connectivity index (χ3v) is 4.16. The Balaban J connectivity index is 2.31. The number of aryl methyl sites for hydroxylation is 1. The van der Waals surface area contributed by atoms with E-state index in [1.54, 1.807) is 35.9 Å². The average Bonchev–Trinajstić information content (AvgIpc) is 2.79. The predicted octanol–water partition coefficient (Wildman–Crippen LogP) is 1.43. The fourth-order valence-corrected chi connectivity index (χ4v) is 2.63. The number of imidazole rings is 1. The Bertz CT molecular complexity index is 778. The van der Waals surface area contributed by atoms with Crippen LogP contribution in [0.25, 0.3) is 0 Å².